The van der Waals surface area contributed by atoms with Gasteiger partial charge in [0.05, 0.1) is 6.54 Å². The number of nitrogens with zero attached hydrogens (tertiary/aromatic N) is 2. The van der Waals surface area contributed by atoms with Gasteiger partial charge >= 0.3 is 6.03 Å². The second-order valence-corrected chi connectivity index (χ2v) is 5.87. The number of pyridine rings is 2. The van der Waals surface area contributed by atoms with Crippen molar-refractivity contribution in [3.05, 3.63) is 100 Å². The van der Waals surface area contributed by atoms with E-state index in [1.54, 1.807) is 35.3 Å². The van der Waals surface area contributed by atoms with E-state index in [1.807, 2.05) is 42.5 Å². The van der Waals surface area contributed by atoms with Crippen LogP contribution in [-0.4, -0.2) is 15.6 Å². The van der Waals surface area contributed by atoms with Crippen LogP contribution < -0.4 is 16.2 Å². The molecule has 0 bridgehead atoms. The van der Waals surface area contributed by atoms with Gasteiger partial charge in [0.2, 0.25) is 0 Å². The van der Waals surface area contributed by atoms with Gasteiger partial charge in [-0.3, -0.25) is 9.78 Å². The molecule has 0 aliphatic rings. The molecule has 0 aliphatic carbocycles. The summed E-state index contributed by atoms with van der Waals surface area (Å²) in [6.07, 6.45) is 5.16. The third-order valence-electron chi connectivity index (χ3n) is 3.93. The summed E-state index contributed by atoms with van der Waals surface area (Å²) in [6, 6.07) is 16.4. The number of amides is 2. The highest BCUT2D eigenvalue weighted by Crippen LogP contribution is 2.05. The van der Waals surface area contributed by atoms with E-state index in [0.717, 1.165) is 16.7 Å². The first-order chi connectivity index (χ1) is 12.7. The van der Waals surface area contributed by atoms with Crippen molar-refractivity contribution < 1.29 is 4.79 Å². The van der Waals surface area contributed by atoms with Crippen molar-refractivity contribution in [2.45, 2.75) is 19.6 Å². The maximum absolute atomic E-state index is 11.9. The first-order valence-corrected chi connectivity index (χ1v) is 8.34. The molecule has 0 aliphatic heterocycles. The molecule has 0 atom stereocenters. The fourth-order valence-electron chi connectivity index (χ4n) is 2.48. The Morgan fingerprint density at radius 3 is 2.12 bits per heavy atom. The Kier molecular flexibility index (Phi) is 5.77. The summed E-state index contributed by atoms with van der Waals surface area (Å²) in [4.78, 5) is 27.5. The number of carbonyl (C=O) groups is 1. The molecule has 3 aromatic rings. The monoisotopic (exact) mass is 348 g/mol. The zero-order valence-corrected chi connectivity index (χ0v) is 14.3. The predicted octanol–water partition coefficient (Wildman–Crippen LogP) is 2.29. The van der Waals surface area contributed by atoms with Crippen molar-refractivity contribution in [2.75, 3.05) is 0 Å². The van der Waals surface area contributed by atoms with Gasteiger partial charge < -0.3 is 15.2 Å². The van der Waals surface area contributed by atoms with E-state index < -0.39 is 0 Å². The highest BCUT2D eigenvalue weighted by Gasteiger charge is 2.02. The van der Waals surface area contributed by atoms with E-state index in [1.165, 1.54) is 0 Å². The topological polar surface area (TPSA) is 76.0 Å². The SMILES string of the molecule is O=C(NCc1ccncc1)NCc1ccc(Cn2ccccc2=O)cc1. The number of rotatable bonds is 6. The third kappa shape index (κ3) is 5.04. The Bertz CT molecular complexity index is 905. The average molecular weight is 348 g/mol. The molecule has 26 heavy (non-hydrogen) atoms. The second kappa shape index (κ2) is 8.62. The van der Waals surface area contributed by atoms with Gasteiger partial charge in [-0.25, -0.2) is 4.79 Å². The first-order valence-electron chi connectivity index (χ1n) is 8.34. The van der Waals surface area contributed by atoms with Gasteiger partial charge in [0, 0.05) is 37.7 Å². The fourth-order valence-corrected chi connectivity index (χ4v) is 2.48. The van der Waals surface area contributed by atoms with Crippen molar-refractivity contribution in [1.82, 2.24) is 20.2 Å². The Morgan fingerprint density at radius 2 is 1.46 bits per heavy atom. The molecule has 6 nitrogen and oxygen atoms in total. The molecule has 2 amide bonds. The Morgan fingerprint density at radius 1 is 0.846 bits per heavy atom. The lowest BCUT2D eigenvalue weighted by molar-refractivity contribution is 0.240. The highest BCUT2D eigenvalue weighted by molar-refractivity contribution is 5.73. The molecule has 6 heteroatoms. The normalized spacial score (nSPS) is 10.3. The van der Waals surface area contributed by atoms with Crippen LogP contribution in [0, 0.1) is 0 Å². The zero-order valence-electron chi connectivity index (χ0n) is 14.3. The maximum atomic E-state index is 11.9. The van der Waals surface area contributed by atoms with Gasteiger partial charge in [0.1, 0.15) is 0 Å². The van der Waals surface area contributed by atoms with E-state index >= 15 is 0 Å². The molecule has 132 valence electrons. The fraction of sp³-hybridized carbons (Fsp3) is 0.150. The van der Waals surface area contributed by atoms with Gasteiger partial charge in [0.25, 0.3) is 5.56 Å². The number of nitrogens with one attached hydrogen (secondary N) is 2. The molecule has 0 unspecified atom stereocenters. The smallest absolute Gasteiger partial charge is 0.315 e. The lowest BCUT2D eigenvalue weighted by Crippen LogP contribution is -2.34. The van der Waals surface area contributed by atoms with Crippen LogP contribution in [0.15, 0.2) is 78.0 Å². The lowest BCUT2D eigenvalue weighted by atomic mass is 10.1. The van der Waals surface area contributed by atoms with Gasteiger partial charge in [-0.2, -0.15) is 0 Å². The molecule has 0 saturated heterocycles. The van der Waals surface area contributed by atoms with Crippen molar-refractivity contribution in [1.29, 1.82) is 0 Å². The van der Waals surface area contributed by atoms with Crippen molar-refractivity contribution in [3.63, 3.8) is 0 Å². The van der Waals surface area contributed by atoms with Crippen LogP contribution in [0.25, 0.3) is 0 Å². The van der Waals surface area contributed by atoms with E-state index in [2.05, 4.69) is 15.6 Å². The molecule has 0 saturated carbocycles. The van der Waals surface area contributed by atoms with E-state index in [4.69, 9.17) is 0 Å². The average Bonchev–Trinajstić information content (AvgIpc) is 2.68. The van der Waals surface area contributed by atoms with Crippen LogP contribution >= 0.6 is 0 Å². The van der Waals surface area contributed by atoms with Crippen LogP contribution in [0.3, 0.4) is 0 Å². The highest BCUT2D eigenvalue weighted by atomic mass is 16.2. The molecule has 0 spiro atoms. The number of hydrogen-bond donors (Lipinski definition) is 2. The summed E-state index contributed by atoms with van der Waals surface area (Å²) in [5.74, 6) is 0. The van der Waals surface area contributed by atoms with Crippen LogP contribution in [0.1, 0.15) is 16.7 Å². The van der Waals surface area contributed by atoms with E-state index in [0.29, 0.717) is 19.6 Å². The predicted molar refractivity (Wildman–Crippen MR) is 99.6 cm³/mol. The minimum Gasteiger partial charge on any atom is -0.334 e. The number of aromatic nitrogens is 2. The van der Waals surface area contributed by atoms with Gasteiger partial charge in [0.15, 0.2) is 0 Å². The number of hydrogen-bond acceptors (Lipinski definition) is 3. The molecule has 2 heterocycles. The zero-order chi connectivity index (χ0) is 18.2. The van der Waals surface area contributed by atoms with Gasteiger partial charge in [-0.1, -0.05) is 30.3 Å². The molecule has 2 N–H and O–H groups in total. The number of carbonyl (C=O) groups excluding carboxylic acids is 1. The Hall–Kier alpha value is -3.41. The molecular formula is C20H20N4O2. The largest absolute Gasteiger partial charge is 0.334 e. The van der Waals surface area contributed by atoms with E-state index in [9.17, 15) is 9.59 Å². The molecule has 0 fully saturated rings. The minimum absolute atomic E-state index is 0.0240. The van der Waals surface area contributed by atoms with E-state index in [-0.39, 0.29) is 11.6 Å². The Balaban J connectivity index is 1.47. The Labute approximate surface area is 151 Å². The van der Waals surface area contributed by atoms with Gasteiger partial charge in [-0.15, -0.1) is 0 Å². The lowest BCUT2D eigenvalue weighted by Gasteiger charge is -2.09. The standard InChI is InChI=1S/C20H20N4O2/c25-19-3-1-2-12-24(19)15-18-6-4-16(5-7-18)13-22-20(26)23-14-17-8-10-21-11-9-17/h1-12H,13-15H2,(H2,22,23,26). The second-order valence-electron chi connectivity index (χ2n) is 5.87. The quantitative estimate of drug-likeness (QED) is 0.718. The van der Waals surface area contributed by atoms with Crippen LogP contribution in [0.2, 0.25) is 0 Å². The van der Waals surface area contributed by atoms with Crippen molar-refractivity contribution in [2.24, 2.45) is 0 Å². The molecule has 3 rings (SSSR count). The summed E-state index contributed by atoms with van der Waals surface area (Å²) >= 11 is 0. The third-order valence-corrected chi connectivity index (χ3v) is 3.93. The minimum atomic E-state index is -0.221. The van der Waals surface area contributed by atoms with Crippen LogP contribution in [0.5, 0.6) is 0 Å². The number of urea groups is 1. The summed E-state index contributed by atoms with van der Waals surface area (Å²) in [5, 5.41) is 5.63. The molecule has 2 aromatic heterocycles. The first kappa shape index (κ1) is 17.4. The molecule has 1 aromatic carbocycles. The van der Waals surface area contributed by atoms with Gasteiger partial charge in [-0.05, 0) is 34.9 Å². The summed E-state index contributed by atoms with van der Waals surface area (Å²) in [7, 11) is 0. The van der Waals surface area contributed by atoms with Crippen molar-refractivity contribution >= 4 is 6.03 Å². The van der Waals surface area contributed by atoms with Crippen molar-refractivity contribution in [3.8, 4) is 0 Å². The number of benzene rings is 1. The molecular weight excluding hydrogens is 328 g/mol. The summed E-state index contributed by atoms with van der Waals surface area (Å²) < 4.78 is 1.65. The van der Waals surface area contributed by atoms with Crippen LogP contribution in [0.4, 0.5) is 4.79 Å². The summed E-state index contributed by atoms with van der Waals surface area (Å²) in [5.41, 5.74) is 3.00. The maximum Gasteiger partial charge on any atom is 0.315 e. The van der Waals surface area contributed by atoms with Crippen LogP contribution in [-0.2, 0) is 19.6 Å². The summed E-state index contributed by atoms with van der Waals surface area (Å²) in [6.45, 7) is 1.42. The molecule has 0 radical (unpaired) electrons.